The topological polar surface area (TPSA) is 97.9 Å². The summed E-state index contributed by atoms with van der Waals surface area (Å²) in [6.45, 7) is 7.39. The van der Waals surface area contributed by atoms with Gasteiger partial charge in [0.2, 0.25) is 11.7 Å². The molecule has 3 aromatic rings. The van der Waals surface area contributed by atoms with Crippen molar-refractivity contribution in [2.45, 2.75) is 45.6 Å². The van der Waals surface area contributed by atoms with Crippen molar-refractivity contribution in [1.29, 1.82) is 5.26 Å². The number of ether oxygens (including phenoxy) is 2. The summed E-state index contributed by atoms with van der Waals surface area (Å²) in [6.07, 6.45) is 9.43. The third-order valence-electron chi connectivity index (χ3n) is 7.04. The van der Waals surface area contributed by atoms with Crippen LogP contribution in [0.5, 0.6) is 5.88 Å². The Balaban J connectivity index is 1.36. The molecule has 2 aliphatic rings. The van der Waals surface area contributed by atoms with Gasteiger partial charge in [0, 0.05) is 48.7 Å². The van der Waals surface area contributed by atoms with Gasteiger partial charge in [-0.1, -0.05) is 0 Å². The summed E-state index contributed by atoms with van der Waals surface area (Å²) in [4.78, 5) is 13.7. The molecule has 5 heterocycles. The lowest BCUT2D eigenvalue weighted by molar-refractivity contribution is 0.0616. The molecule has 5 rings (SSSR count). The lowest BCUT2D eigenvalue weighted by atomic mass is 9.95. The van der Waals surface area contributed by atoms with Crippen molar-refractivity contribution >= 4 is 11.0 Å². The van der Waals surface area contributed by atoms with Gasteiger partial charge in [0.25, 0.3) is 0 Å². The maximum absolute atomic E-state index is 9.58. The van der Waals surface area contributed by atoms with E-state index < -0.39 is 0 Å². The Morgan fingerprint density at radius 1 is 1.18 bits per heavy atom. The van der Waals surface area contributed by atoms with E-state index in [2.05, 4.69) is 37.1 Å². The monoisotopic (exact) mass is 460 g/mol. The first-order valence-corrected chi connectivity index (χ1v) is 12.4. The molecule has 2 aliphatic heterocycles. The van der Waals surface area contributed by atoms with E-state index in [1.165, 1.54) is 12.8 Å². The van der Waals surface area contributed by atoms with Gasteiger partial charge in [-0.3, -0.25) is 0 Å². The second-order valence-corrected chi connectivity index (χ2v) is 9.45. The number of rotatable bonds is 7. The summed E-state index contributed by atoms with van der Waals surface area (Å²) in [5.41, 5.74) is 3.38. The highest BCUT2D eigenvalue weighted by atomic mass is 16.5. The first-order valence-electron chi connectivity index (χ1n) is 12.4. The van der Waals surface area contributed by atoms with E-state index in [1.54, 1.807) is 6.20 Å². The van der Waals surface area contributed by atoms with Gasteiger partial charge in [-0.2, -0.15) is 5.26 Å². The van der Waals surface area contributed by atoms with Gasteiger partial charge in [0.1, 0.15) is 11.7 Å². The van der Waals surface area contributed by atoms with Crippen LogP contribution >= 0.6 is 0 Å². The predicted molar refractivity (Wildman–Crippen MR) is 129 cm³/mol. The van der Waals surface area contributed by atoms with E-state index >= 15 is 0 Å². The summed E-state index contributed by atoms with van der Waals surface area (Å²) in [5, 5.41) is 13.9. The van der Waals surface area contributed by atoms with Crippen LogP contribution in [0, 0.1) is 30.1 Å². The molecule has 0 unspecified atom stereocenters. The van der Waals surface area contributed by atoms with Gasteiger partial charge in [0.15, 0.2) is 0 Å². The van der Waals surface area contributed by atoms with Gasteiger partial charge in [0.05, 0.1) is 12.3 Å². The molecule has 0 atom stereocenters. The number of nitriles is 1. The molecule has 0 radical (unpaired) electrons. The van der Waals surface area contributed by atoms with Gasteiger partial charge >= 0.3 is 0 Å². The summed E-state index contributed by atoms with van der Waals surface area (Å²) in [5.74, 6) is 2.12. The smallest absolute Gasteiger partial charge is 0.234 e. The van der Waals surface area contributed by atoms with Crippen LogP contribution < -0.4 is 10.1 Å². The molecule has 0 bridgehead atoms. The Morgan fingerprint density at radius 3 is 2.76 bits per heavy atom. The van der Waals surface area contributed by atoms with E-state index in [1.807, 2.05) is 19.1 Å². The number of aromatic nitrogens is 4. The molecule has 2 fully saturated rings. The SMILES string of the molecule is Cc1cc(-c2nc(C#N)nc3c2ccn3CC2CCOCC2)cnc1OCCC1CCNCC1. The lowest BCUT2D eigenvalue weighted by Crippen LogP contribution is -2.28. The maximum atomic E-state index is 9.58. The van der Waals surface area contributed by atoms with Crippen LogP contribution in [0.3, 0.4) is 0 Å². The van der Waals surface area contributed by atoms with Gasteiger partial charge in [-0.05, 0) is 76.1 Å². The Labute approximate surface area is 200 Å². The zero-order chi connectivity index (χ0) is 23.3. The molecule has 8 nitrogen and oxygen atoms in total. The molecule has 0 spiro atoms. The third-order valence-corrected chi connectivity index (χ3v) is 7.04. The molecule has 1 N–H and O–H groups in total. The van der Waals surface area contributed by atoms with Crippen molar-refractivity contribution < 1.29 is 9.47 Å². The van der Waals surface area contributed by atoms with Crippen molar-refractivity contribution in [2.24, 2.45) is 11.8 Å². The second-order valence-electron chi connectivity index (χ2n) is 9.45. The number of hydrogen-bond donors (Lipinski definition) is 1. The van der Waals surface area contributed by atoms with Crippen LogP contribution in [-0.4, -0.2) is 52.4 Å². The maximum Gasteiger partial charge on any atom is 0.234 e. The molecule has 0 aliphatic carbocycles. The van der Waals surface area contributed by atoms with Gasteiger partial charge < -0.3 is 19.4 Å². The normalized spacial score (nSPS) is 17.6. The fraction of sp³-hybridized carbons (Fsp3) is 0.538. The zero-order valence-electron chi connectivity index (χ0n) is 19.8. The van der Waals surface area contributed by atoms with Crippen LogP contribution in [0.15, 0.2) is 24.5 Å². The number of nitrogens with one attached hydrogen (secondary N) is 1. The second kappa shape index (κ2) is 10.5. The van der Waals surface area contributed by atoms with Crippen LogP contribution in [0.25, 0.3) is 22.3 Å². The zero-order valence-corrected chi connectivity index (χ0v) is 19.8. The average Bonchev–Trinajstić information content (AvgIpc) is 3.28. The Kier molecular flexibility index (Phi) is 7.02. The predicted octanol–water partition coefficient (Wildman–Crippen LogP) is 3.87. The molecule has 0 saturated carbocycles. The first kappa shape index (κ1) is 22.8. The average molecular weight is 461 g/mol. The molecule has 0 amide bonds. The van der Waals surface area contributed by atoms with Crippen molar-refractivity contribution in [3.63, 3.8) is 0 Å². The third kappa shape index (κ3) is 5.06. The van der Waals surface area contributed by atoms with Gasteiger partial charge in [-0.25, -0.2) is 15.0 Å². The largest absolute Gasteiger partial charge is 0.477 e. The molecule has 3 aromatic heterocycles. The van der Waals surface area contributed by atoms with E-state index in [4.69, 9.17) is 9.47 Å². The highest BCUT2D eigenvalue weighted by molar-refractivity contribution is 5.91. The van der Waals surface area contributed by atoms with E-state index in [9.17, 15) is 5.26 Å². The van der Waals surface area contributed by atoms with E-state index in [0.29, 0.717) is 18.4 Å². The Bertz CT molecular complexity index is 1170. The number of nitrogens with zero attached hydrogens (tertiary/aromatic N) is 5. The minimum absolute atomic E-state index is 0.175. The summed E-state index contributed by atoms with van der Waals surface area (Å²) in [7, 11) is 0. The van der Waals surface area contributed by atoms with Crippen LogP contribution in [-0.2, 0) is 11.3 Å². The van der Waals surface area contributed by atoms with Crippen molar-refractivity contribution in [3.8, 4) is 23.2 Å². The number of aryl methyl sites for hydroxylation is 1. The summed E-state index contributed by atoms with van der Waals surface area (Å²) >= 11 is 0. The van der Waals surface area contributed by atoms with Crippen molar-refractivity contribution in [1.82, 2.24) is 24.8 Å². The number of hydrogen-bond acceptors (Lipinski definition) is 7. The molecule has 2 saturated heterocycles. The Morgan fingerprint density at radius 2 is 2.00 bits per heavy atom. The summed E-state index contributed by atoms with van der Waals surface area (Å²) in [6, 6.07) is 6.22. The highest BCUT2D eigenvalue weighted by Crippen LogP contribution is 2.30. The molecule has 8 heteroatoms. The van der Waals surface area contributed by atoms with Crippen LogP contribution in [0.4, 0.5) is 0 Å². The lowest BCUT2D eigenvalue weighted by Gasteiger charge is -2.22. The van der Waals surface area contributed by atoms with Gasteiger partial charge in [-0.15, -0.1) is 0 Å². The molecule has 0 aromatic carbocycles. The Hall–Kier alpha value is -3.02. The van der Waals surface area contributed by atoms with Crippen molar-refractivity contribution in [2.75, 3.05) is 32.9 Å². The summed E-state index contributed by atoms with van der Waals surface area (Å²) < 4.78 is 13.7. The van der Waals surface area contributed by atoms with Crippen LogP contribution in [0.2, 0.25) is 0 Å². The number of piperidine rings is 1. The standard InChI is InChI=1S/C26H32N6O2/c1-18-14-21(16-29-26(18)34-13-7-19-2-8-28-9-3-19)24-22-4-10-32(17-20-5-11-33-12-6-20)25(22)31-23(15-27)30-24/h4,10,14,16,19-20,28H,2-3,5-9,11-13,17H2,1H3. The molecule has 178 valence electrons. The molecule has 34 heavy (non-hydrogen) atoms. The number of fused-ring (bicyclic) bond motifs is 1. The molecular formula is C26H32N6O2. The minimum Gasteiger partial charge on any atom is -0.477 e. The quantitative estimate of drug-likeness (QED) is 0.571. The van der Waals surface area contributed by atoms with E-state index in [0.717, 1.165) is 85.9 Å². The molecular weight excluding hydrogens is 428 g/mol. The van der Waals surface area contributed by atoms with E-state index in [-0.39, 0.29) is 5.82 Å². The van der Waals surface area contributed by atoms with Crippen LogP contribution in [0.1, 0.15) is 43.5 Å². The minimum atomic E-state index is 0.175. The first-order chi connectivity index (χ1) is 16.7. The fourth-order valence-electron chi connectivity index (χ4n) is 5.03. The number of pyridine rings is 1. The fourth-order valence-corrected chi connectivity index (χ4v) is 5.03. The van der Waals surface area contributed by atoms with Crippen molar-refractivity contribution in [3.05, 3.63) is 35.9 Å². The highest BCUT2D eigenvalue weighted by Gasteiger charge is 2.19.